The second kappa shape index (κ2) is 6.84. The number of ketones is 1. The van der Waals surface area contributed by atoms with Crippen LogP contribution in [0.15, 0.2) is 22.0 Å². The third-order valence-corrected chi connectivity index (χ3v) is 5.88. The van der Waals surface area contributed by atoms with E-state index in [2.05, 4.69) is 15.9 Å². The lowest BCUT2D eigenvalue weighted by atomic mass is 9.96. The van der Waals surface area contributed by atoms with Gasteiger partial charge in [0.2, 0.25) is 5.78 Å². The van der Waals surface area contributed by atoms with Gasteiger partial charge < -0.3 is 9.30 Å². The van der Waals surface area contributed by atoms with Crippen molar-refractivity contribution in [1.82, 2.24) is 4.57 Å². The molecule has 0 saturated heterocycles. The van der Waals surface area contributed by atoms with E-state index in [1.807, 2.05) is 42.9 Å². The van der Waals surface area contributed by atoms with Crippen molar-refractivity contribution in [3.63, 3.8) is 0 Å². The van der Waals surface area contributed by atoms with Gasteiger partial charge in [0, 0.05) is 22.1 Å². The minimum atomic E-state index is -0.281. The summed E-state index contributed by atoms with van der Waals surface area (Å²) in [6.45, 7) is 6.41. The predicted octanol–water partition coefficient (Wildman–Crippen LogP) is 4.68. The van der Waals surface area contributed by atoms with Crippen LogP contribution in [-0.4, -0.2) is 22.4 Å². The van der Waals surface area contributed by atoms with E-state index in [4.69, 9.17) is 4.74 Å². The van der Waals surface area contributed by atoms with Crippen LogP contribution in [-0.2, 0) is 16.1 Å². The van der Waals surface area contributed by atoms with Crippen molar-refractivity contribution in [2.45, 2.75) is 52.2 Å². The van der Waals surface area contributed by atoms with Crippen LogP contribution in [0.1, 0.15) is 59.2 Å². The van der Waals surface area contributed by atoms with Crippen LogP contribution in [0.3, 0.4) is 0 Å². The van der Waals surface area contributed by atoms with E-state index in [0.29, 0.717) is 10.6 Å². The maximum atomic E-state index is 12.9. The molecule has 0 spiro atoms. The predicted molar refractivity (Wildman–Crippen MR) is 97.8 cm³/mol. The molecule has 2 aromatic rings. The third-order valence-electron chi connectivity index (χ3n) is 4.19. The Bertz CT molecular complexity index is 790. The maximum Gasteiger partial charge on any atom is 0.315 e. The van der Waals surface area contributed by atoms with Gasteiger partial charge in [-0.15, -0.1) is 11.3 Å². The van der Waals surface area contributed by atoms with Crippen molar-refractivity contribution in [3.05, 3.63) is 43.8 Å². The highest BCUT2D eigenvalue weighted by molar-refractivity contribution is 9.10. The van der Waals surface area contributed by atoms with Gasteiger partial charge in [-0.3, -0.25) is 9.59 Å². The van der Waals surface area contributed by atoms with Gasteiger partial charge >= 0.3 is 5.97 Å². The van der Waals surface area contributed by atoms with Gasteiger partial charge in [0.25, 0.3) is 0 Å². The summed E-state index contributed by atoms with van der Waals surface area (Å²) < 4.78 is 8.33. The standard InChI is InChI=1S/C18H20BrNO3S/c1-10(2)23-18(22)13-5-4-6-20-14(13)7-11(3)16(20)17(21)15-8-12(19)9-24-15/h7-10,13H,4-6H2,1-3H3. The molecule has 4 nitrogen and oxygen atoms in total. The number of aromatic nitrogens is 1. The van der Waals surface area contributed by atoms with Crippen molar-refractivity contribution in [2.24, 2.45) is 0 Å². The molecule has 3 heterocycles. The first-order valence-electron chi connectivity index (χ1n) is 8.07. The molecular weight excluding hydrogens is 390 g/mol. The van der Waals surface area contributed by atoms with Gasteiger partial charge in [0.05, 0.1) is 22.6 Å². The molecule has 3 rings (SSSR count). The summed E-state index contributed by atoms with van der Waals surface area (Å²) in [4.78, 5) is 26.0. The van der Waals surface area contributed by atoms with Crippen LogP contribution in [0.2, 0.25) is 0 Å². The van der Waals surface area contributed by atoms with Gasteiger partial charge in [-0.25, -0.2) is 0 Å². The Morgan fingerprint density at radius 1 is 1.38 bits per heavy atom. The average Bonchev–Trinajstić information content (AvgIpc) is 3.08. The smallest absolute Gasteiger partial charge is 0.315 e. The average molecular weight is 410 g/mol. The number of esters is 1. The van der Waals surface area contributed by atoms with Crippen LogP contribution in [0.5, 0.6) is 0 Å². The van der Waals surface area contributed by atoms with Crippen molar-refractivity contribution < 1.29 is 14.3 Å². The number of nitrogens with zero attached hydrogens (tertiary/aromatic N) is 1. The first kappa shape index (κ1) is 17.4. The van der Waals surface area contributed by atoms with Crippen LogP contribution in [0.25, 0.3) is 0 Å². The summed E-state index contributed by atoms with van der Waals surface area (Å²) in [7, 11) is 0. The fourth-order valence-corrected chi connectivity index (χ4v) is 4.61. The number of rotatable bonds is 4. The molecule has 1 aliphatic rings. The maximum absolute atomic E-state index is 12.9. The van der Waals surface area contributed by atoms with Gasteiger partial charge in [-0.1, -0.05) is 0 Å². The molecule has 0 fully saturated rings. The zero-order chi connectivity index (χ0) is 17.4. The summed E-state index contributed by atoms with van der Waals surface area (Å²) >= 11 is 4.83. The van der Waals surface area contributed by atoms with Crippen LogP contribution in [0, 0.1) is 6.92 Å². The third kappa shape index (κ3) is 3.22. The van der Waals surface area contributed by atoms with Gasteiger partial charge in [0.15, 0.2) is 0 Å². The highest BCUT2D eigenvalue weighted by Gasteiger charge is 2.33. The van der Waals surface area contributed by atoms with Crippen LogP contribution >= 0.6 is 27.3 Å². The summed E-state index contributed by atoms with van der Waals surface area (Å²) in [5, 5.41) is 1.91. The molecule has 0 aromatic carbocycles. The van der Waals surface area contributed by atoms with E-state index in [-0.39, 0.29) is 23.8 Å². The number of hydrogen-bond donors (Lipinski definition) is 0. The largest absolute Gasteiger partial charge is 0.462 e. The highest BCUT2D eigenvalue weighted by Crippen LogP contribution is 2.34. The molecule has 0 radical (unpaired) electrons. The van der Waals surface area contributed by atoms with E-state index in [1.165, 1.54) is 11.3 Å². The number of aryl methyl sites for hydroxylation is 1. The molecule has 0 amide bonds. The molecular formula is C18H20BrNO3S. The Labute approximate surface area is 153 Å². The fourth-order valence-electron chi connectivity index (χ4n) is 3.24. The molecule has 1 unspecified atom stereocenters. The number of carbonyl (C=O) groups excluding carboxylic acids is 2. The SMILES string of the molecule is Cc1cc2n(c1C(=O)c1cc(Br)cs1)CCCC2C(=O)OC(C)C. The Kier molecular flexibility index (Phi) is 4.97. The minimum Gasteiger partial charge on any atom is -0.462 e. The van der Waals surface area contributed by atoms with E-state index < -0.39 is 0 Å². The Morgan fingerprint density at radius 2 is 2.12 bits per heavy atom. The Balaban J connectivity index is 1.98. The van der Waals surface area contributed by atoms with Gasteiger partial charge in [-0.05, 0) is 67.2 Å². The lowest BCUT2D eigenvalue weighted by Gasteiger charge is -2.25. The minimum absolute atomic E-state index is 0.0207. The van der Waals surface area contributed by atoms with Crippen molar-refractivity contribution in [1.29, 1.82) is 0 Å². The zero-order valence-corrected chi connectivity index (χ0v) is 16.4. The van der Waals surface area contributed by atoms with E-state index in [1.54, 1.807) is 0 Å². The second-order valence-corrected chi connectivity index (χ2v) is 8.22. The number of carbonyl (C=O) groups is 2. The quantitative estimate of drug-likeness (QED) is 0.543. The number of halogens is 1. The molecule has 0 N–H and O–H groups in total. The van der Waals surface area contributed by atoms with E-state index in [9.17, 15) is 9.59 Å². The first-order valence-corrected chi connectivity index (χ1v) is 9.75. The summed E-state index contributed by atoms with van der Waals surface area (Å²) in [6.07, 6.45) is 1.51. The first-order chi connectivity index (χ1) is 11.4. The lowest BCUT2D eigenvalue weighted by molar-refractivity contribution is -0.149. The summed E-state index contributed by atoms with van der Waals surface area (Å²) in [5.41, 5.74) is 2.52. The second-order valence-electron chi connectivity index (χ2n) is 6.39. The van der Waals surface area contributed by atoms with Crippen LogP contribution < -0.4 is 0 Å². The molecule has 0 aliphatic carbocycles. The molecule has 0 saturated carbocycles. The van der Waals surface area contributed by atoms with Gasteiger partial charge in [-0.2, -0.15) is 0 Å². The lowest BCUT2D eigenvalue weighted by Crippen LogP contribution is -2.27. The number of ether oxygens (including phenoxy) is 1. The molecule has 24 heavy (non-hydrogen) atoms. The molecule has 0 bridgehead atoms. The number of thiophene rings is 1. The normalized spacial score (nSPS) is 17.0. The Hall–Kier alpha value is -1.40. The van der Waals surface area contributed by atoms with Crippen LogP contribution in [0.4, 0.5) is 0 Å². The molecule has 6 heteroatoms. The number of hydrogen-bond acceptors (Lipinski definition) is 4. The van der Waals surface area contributed by atoms with Gasteiger partial charge in [0.1, 0.15) is 0 Å². The van der Waals surface area contributed by atoms with Crippen molar-refractivity contribution in [3.8, 4) is 0 Å². The highest BCUT2D eigenvalue weighted by atomic mass is 79.9. The zero-order valence-electron chi connectivity index (χ0n) is 14.0. The van der Waals surface area contributed by atoms with E-state index >= 15 is 0 Å². The Morgan fingerprint density at radius 3 is 2.75 bits per heavy atom. The summed E-state index contributed by atoms with van der Waals surface area (Å²) in [6, 6.07) is 3.82. The van der Waals surface area contributed by atoms with Crippen molar-refractivity contribution in [2.75, 3.05) is 0 Å². The molecule has 128 valence electrons. The molecule has 1 aliphatic heterocycles. The van der Waals surface area contributed by atoms with E-state index in [0.717, 1.165) is 35.1 Å². The summed E-state index contributed by atoms with van der Waals surface area (Å²) in [5.74, 6) is -0.454. The fraction of sp³-hybridized carbons (Fsp3) is 0.444. The monoisotopic (exact) mass is 409 g/mol. The van der Waals surface area contributed by atoms with Crippen molar-refractivity contribution >= 4 is 39.0 Å². The molecule has 1 atom stereocenters. The number of fused-ring (bicyclic) bond motifs is 1. The topological polar surface area (TPSA) is 48.3 Å². The molecule has 2 aromatic heterocycles.